The Hall–Kier alpha value is -1.49. The van der Waals surface area contributed by atoms with Crippen LogP contribution in [0, 0.1) is 11.8 Å². The van der Waals surface area contributed by atoms with Gasteiger partial charge in [0.15, 0.2) is 0 Å². The van der Waals surface area contributed by atoms with Crippen LogP contribution in [0.25, 0.3) is 0 Å². The molecule has 7 heteroatoms. The van der Waals surface area contributed by atoms with Crippen LogP contribution in [-0.4, -0.2) is 34.7 Å². The molecule has 2 heterocycles. The van der Waals surface area contributed by atoms with Crippen LogP contribution in [0.1, 0.15) is 9.75 Å². The first-order valence-corrected chi connectivity index (χ1v) is 7.38. The monoisotopic (exact) mass is 296 g/mol. The van der Waals surface area contributed by atoms with Gasteiger partial charge >= 0.3 is 0 Å². The maximum absolute atomic E-state index is 11.7. The van der Waals surface area contributed by atoms with Gasteiger partial charge in [-0.1, -0.05) is 23.6 Å². The summed E-state index contributed by atoms with van der Waals surface area (Å²) >= 11 is 2.58. The van der Waals surface area contributed by atoms with E-state index in [0.717, 1.165) is 21.5 Å². The van der Waals surface area contributed by atoms with Crippen molar-refractivity contribution >= 4 is 34.2 Å². The molecule has 100 valence electrons. The zero-order valence-electron chi connectivity index (χ0n) is 9.93. The molecule has 0 bridgehead atoms. The van der Waals surface area contributed by atoms with E-state index in [9.17, 15) is 9.59 Å². The third-order valence-electron chi connectivity index (χ3n) is 2.38. The van der Waals surface area contributed by atoms with Crippen molar-refractivity contribution in [2.24, 2.45) is 0 Å². The summed E-state index contributed by atoms with van der Waals surface area (Å²) in [6, 6.07) is 3.29. The van der Waals surface area contributed by atoms with Crippen LogP contribution in [0.4, 0.5) is 4.79 Å². The number of amides is 2. The second-order valence-electron chi connectivity index (χ2n) is 3.74. The van der Waals surface area contributed by atoms with Crippen LogP contribution in [0.2, 0.25) is 0 Å². The van der Waals surface area contributed by atoms with Gasteiger partial charge in [0.25, 0.3) is 5.24 Å². The number of carbonyl (C=O) groups excluding carboxylic acids is 2. The lowest BCUT2D eigenvalue weighted by Crippen LogP contribution is -2.42. The maximum Gasteiger partial charge on any atom is 0.279 e. The molecule has 1 aromatic heterocycles. The molecular formula is C12H12N2O3S2. The van der Waals surface area contributed by atoms with Crippen molar-refractivity contribution in [3.8, 4) is 11.8 Å². The largest absolute Gasteiger partial charge is 0.384 e. The molecule has 1 aliphatic heterocycles. The van der Waals surface area contributed by atoms with Crippen molar-refractivity contribution in [3.05, 3.63) is 21.9 Å². The average Bonchev–Trinajstić information content (AvgIpc) is 3.02. The molecule has 5 nitrogen and oxygen atoms in total. The molecule has 0 aromatic carbocycles. The van der Waals surface area contributed by atoms with E-state index in [1.807, 2.05) is 12.1 Å². The van der Waals surface area contributed by atoms with E-state index in [1.165, 1.54) is 11.3 Å². The zero-order chi connectivity index (χ0) is 13.7. The molecule has 0 saturated carbocycles. The molecule has 1 aliphatic rings. The molecule has 1 aromatic rings. The lowest BCUT2D eigenvalue weighted by atomic mass is 10.3. The van der Waals surface area contributed by atoms with Crippen LogP contribution in [-0.2, 0) is 11.3 Å². The summed E-state index contributed by atoms with van der Waals surface area (Å²) in [4.78, 5) is 24.6. The average molecular weight is 296 g/mol. The number of thiophene rings is 1. The van der Waals surface area contributed by atoms with Gasteiger partial charge in [-0.2, -0.15) is 0 Å². The fourth-order valence-electron chi connectivity index (χ4n) is 1.49. The summed E-state index contributed by atoms with van der Waals surface area (Å²) in [7, 11) is 0. The predicted octanol–water partition coefficient (Wildman–Crippen LogP) is 0.533. The van der Waals surface area contributed by atoms with Gasteiger partial charge in [-0.05, 0) is 12.1 Å². The first-order chi connectivity index (χ1) is 9.19. The second-order valence-corrected chi connectivity index (χ2v) is 5.90. The smallest absolute Gasteiger partial charge is 0.279 e. The minimum Gasteiger partial charge on any atom is -0.384 e. The number of aliphatic hydroxyl groups is 1. The van der Waals surface area contributed by atoms with Crippen molar-refractivity contribution in [1.29, 1.82) is 0 Å². The molecule has 1 fully saturated rings. The summed E-state index contributed by atoms with van der Waals surface area (Å²) in [6.45, 7) is 0.254. The highest BCUT2D eigenvalue weighted by molar-refractivity contribution is 8.14. The molecule has 1 unspecified atom stereocenters. The number of hydrogen-bond donors (Lipinski definition) is 3. The Balaban J connectivity index is 1.83. The van der Waals surface area contributed by atoms with E-state index < -0.39 is 6.04 Å². The number of aliphatic hydroxyl groups excluding tert-OH is 1. The molecule has 2 amide bonds. The van der Waals surface area contributed by atoms with Gasteiger partial charge in [0, 0.05) is 10.6 Å². The summed E-state index contributed by atoms with van der Waals surface area (Å²) < 4.78 is 0. The summed E-state index contributed by atoms with van der Waals surface area (Å²) in [5.74, 6) is 5.68. The van der Waals surface area contributed by atoms with Gasteiger partial charge in [0.1, 0.15) is 12.6 Å². The molecule has 1 saturated heterocycles. The van der Waals surface area contributed by atoms with Crippen LogP contribution < -0.4 is 10.6 Å². The first-order valence-electron chi connectivity index (χ1n) is 5.58. The number of carbonyl (C=O) groups is 2. The lowest BCUT2D eigenvalue weighted by Gasteiger charge is -2.08. The molecule has 0 radical (unpaired) electrons. The Morgan fingerprint density at radius 1 is 1.58 bits per heavy atom. The lowest BCUT2D eigenvalue weighted by molar-refractivity contribution is -0.122. The van der Waals surface area contributed by atoms with E-state index in [0.29, 0.717) is 12.3 Å². The van der Waals surface area contributed by atoms with Crippen molar-refractivity contribution in [3.63, 3.8) is 0 Å². The van der Waals surface area contributed by atoms with E-state index in [4.69, 9.17) is 5.11 Å². The Morgan fingerprint density at radius 2 is 2.42 bits per heavy atom. The molecular weight excluding hydrogens is 284 g/mol. The number of rotatable bonds is 3. The summed E-state index contributed by atoms with van der Waals surface area (Å²) in [5.41, 5.74) is 0. The normalized spacial score (nSPS) is 17.5. The fourth-order valence-corrected chi connectivity index (χ4v) is 3.09. The van der Waals surface area contributed by atoms with Gasteiger partial charge in [-0.15, -0.1) is 11.3 Å². The Labute approximate surface area is 118 Å². The second kappa shape index (κ2) is 6.61. The van der Waals surface area contributed by atoms with Crippen LogP contribution in [0.15, 0.2) is 12.1 Å². The number of thioether (sulfide) groups is 1. The fraction of sp³-hybridized carbons (Fsp3) is 0.333. The first kappa shape index (κ1) is 13.9. The van der Waals surface area contributed by atoms with Crippen molar-refractivity contribution < 1.29 is 14.7 Å². The van der Waals surface area contributed by atoms with E-state index in [1.54, 1.807) is 0 Å². The highest BCUT2D eigenvalue weighted by Gasteiger charge is 2.27. The van der Waals surface area contributed by atoms with Crippen molar-refractivity contribution in [2.75, 3.05) is 12.4 Å². The standard InChI is InChI=1S/C12H12N2O3S2/c15-5-1-2-8-3-4-9(19-8)6-13-11(16)10-7-18-12(17)14-10/h3-4,10,15H,5-7H2,(H,13,16)(H,14,17). The minimum absolute atomic E-state index is 0.155. The predicted molar refractivity (Wildman–Crippen MR) is 74.9 cm³/mol. The topological polar surface area (TPSA) is 78.4 Å². The molecule has 19 heavy (non-hydrogen) atoms. The van der Waals surface area contributed by atoms with Crippen LogP contribution in [0.5, 0.6) is 0 Å². The van der Waals surface area contributed by atoms with Gasteiger partial charge in [0.2, 0.25) is 5.91 Å². The molecule has 2 rings (SSSR count). The summed E-state index contributed by atoms with van der Waals surface area (Å²) in [6.07, 6.45) is 0. The quantitative estimate of drug-likeness (QED) is 0.711. The van der Waals surface area contributed by atoms with E-state index in [2.05, 4.69) is 22.5 Å². The minimum atomic E-state index is -0.439. The Kier molecular flexibility index (Phi) is 4.85. The van der Waals surface area contributed by atoms with Crippen LogP contribution in [0.3, 0.4) is 0 Å². The highest BCUT2D eigenvalue weighted by atomic mass is 32.2. The molecule has 0 spiro atoms. The highest BCUT2D eigenvalue weighted by Crippen LogP contribution is 2.16. The Bertz CT molecular complexity index is 545. The molecule has 0 aliphatic carbocycles. The van der Waals surface area contributed by atoms with Crippen LogP contribution >= 0.6 is 23.1 Å². The zero-order valence-corrected chi connectivity index (χ0v) is 11.6. The van der Waals surface area contributed by atoms with Crippen molar-refractivity contribution in [1.82, 2.24) is 10.6 Å². The number of hydrogen-bond acceptors (Lipinski definition) is 5. The number of nitrogens with one attached hydrogen (secondary N) is 2. The molecule has 3 N–H and O–H groups in total. The van der Waals surface area contributed by atoms with E-state index in [-0.39, 0.29) is 17.8 Å². The van der Waals surface area contributed by atoms with Gasteiger partial charge in [0.05, 0.1) is 11.4 Å². The third kappa shape index (κ3) is 3.99. The third-order valence-corrected chi connectivity index (χ3v) is 4.26. The van der Waals surface area contributed by atoms with Gasteiger partial charge in [-0.25, -0.2) is 0 Å². The summed E-state index contributed by atoms with van der Waals surface area (Å²) in [5, 5.41) is 13.8. The van der Waals surface area contributed by atoms with E-state index >= 15 is 0 Å². The SMILES string of the molecule is O=C1NC(C(=O)NCc2ccc(C#CCO)s2)CS1. The Morgan fingerprint density at radius 3 is 3.11 bits per heavy atom. The van der Waals surface area contributed by atoms with Crippen molar-refractivity contribution in [2.45, 2.75) is 12.6 Å². The molecule has 1 atom stereocenters. The maximum atomic E-state index is 11.7. The van der Waals surface area contributed by atoms with Gasteiger partial charge < -0.3 is 15.7 Å². The van der Waals surface area contributed by atoms with Gasteiger partial charge in [-0.3, -0.25) is 9.59 Å².